The van der Waals surface area contributed by atoms with Crippen LogP contribution in [0.2, 0.25) is 0 Å². The van der Waals surface area contributed by atoms with Crippen LogP contribution in [0.1, 0.15) is 194 Å². The van der Waals surface area contributed by atoms with Crippen LogP contribution >= 0.6 is 0 Å². The molecule has 2 heteroatoms. The van der Waals surface area contributed by atoms with E-state index in [0.29, 0.717) is 18.9 Å². The van der Waals surface area contributed by atoms with Gasteiger partial charge in [0.05, 0.1) is 6.61 Å². The number of carbonyl (C=O) groups excluding carboxylic acids is 1. The van der Waals surface area contributed by atoms with Crippen molar-refractivity contribution in [2.75, 3.05) is 6.61 Å². The number of hydrogen-bond acceptors (Lipinski definition) is 2. The number of ether oxygens (including phenoxy) is 1. The molecule has 0 aromatic heterocycles. The van der Waals surface area contributed by atoms with Crippen LogP contribution in [-0.4, -0.2) is 12.6 Å². The van der Waals surface area contributed by atoms with Gasteiger partial charge in [-0.25, -0.2) is 0 Å². The largest absolute Gasteiger partial charge is 0.465 e. The molecule has 0 heterocycles. The second kappa shape index (κ2) is 29.7. The van der Waals surface area contributed by atoms with Crippen molar-refractivity contribution < 1.29 is 9.53 Å². The molecule has 2 nitrogen and oxygen atoms in total. The highest BCUT2D eigenvalue weighted by Crippen LogP contribution is 2.21. The second-order valence-corrected chi connectivity index (χ2v) is 11.3. The summed E-state index contributed by atoms with van der Waals surface area (Å²) in [5.41, 5.74) is 0. The molecule has 0 spiro atoms. The van der Waals surface area contributed by atoms with Gasteiger partial charge in [0, 0.05) is 6.42 Å². The fourth-order valence-electron chi connectivity index (χ4n) is 5.13. The summed E-state index contributed by atoms with van der Waals surface area (Å²) in [6, 6.07) is 0. The first-order valence-electron chi connectivity index (χ1n) is 16.4. The molecule has 210 valence electrons. The minimum Gasteiger partial charge on any atom is -0.465 e. The maximum absolute atomic E-state index is 12.3. The lowest BCUT2D eigenvalue weighted by atomic mass is 9.94. The summed E-state index contributed by atoms with van der Waals surface area (Å²) in [6.07, 6.45) is 35.4. The molecule has 0 rings (SSSR count). The first-order chi connectivity index (χ1) is 17.2. The zero-order chi connectivity index (χ0) is 25.7. The van der Waals surface area contributed by atoms with Gasteiger partial charge < -0.3 is 4.74 Å². The molecule has 0 bridgehead atoms. The van der Waals surface area contributed by atoms with Gasteiger partial charge in [-0.1, -0.05) is 168 Å². The highest BCUT2D eigenvalue weighted by Gasteiger charge is 2.12. The van der Waals surface area contributed by atoms with Crippen molar-refractivity contribution in [1.29, 1.82) is 0 Å². The Balaban J connectivity index is 4.00. The predicted octanol–water partition coefficient (Wildman–Crippen LogP) is 11.7. The maximum Gasteiger partial charge on any atom is 0.305 e. The lowest BCUT2D eigenvalue weighted by Crippen LogP contribution is -2.14. The molecular formula is C33H66O2. The summed E-state index contributed by atoms with van der Waals surface area (Å²) < 4.78 is 5.76. The number of carbonyl (C=O) groups is 1. The van der Waals surface area contributed by atoms with Gasteiger partial charge in [0.25, 0.3) is 0 Å². The smallest absolute Gasteiger partial charge is 0.305 e. The van der Waals surface area contributed by atoms with E-state index in [9.17, 15) is 4.79 Å². The zero-order valence-corrected chi connectivity index (χ0v) is 24.7. The molecule has 0 N–H and O–H groups in total. The summed E-state index contributed by atoms with van der Waals surface area (Å²) in [6.45, 7) is 7.49. The van der Waals surface area contributed by atoms with Gasteiger partial charge in [-0.05, 0) is 25.2 Å². The predicted molar refractivity (Wildman–Crippen MR) is 156 cm³/mol. The Labute approximate surface area is 222 Å². The molecule has 0 aliphatic carbocycles. The summed E-state index contributed by atoms with van der Waals surface area (Å²) in [5.74, 6) is 0.627. The molecule has 1 atom stereocenters. The molecule has 0 saturated carbocycles. The van der Waals surface area contributed by atoms with Gasteiger partial charge in [-0.15, -0.1) is 0 Å². The first kappa shape index (κ1) is 34.5. The normalized spacial score (nSPS) is 12.2. The molecule has 0 aliphatic heterocycles. The first-order valence-corrected chi connectivity index (χ1v) is 16.4. The lowest BCUT2D eigenvalue weighted by molar-refractivity contribution is -0.145. The highest BCUT2D eigenvalue weighted by molar-refractivity contribution is 5.69. The van der Waals surface area contributed by atoms with E-state index in [2.05, 4.69) is 20.8 Å². The van der Waals surface area contributed by atoms with E-state index in [4.69, 9.17) is 4.74 Å². The summed E-state index contributed by atoms with van der Waals surface area (Å²) in [7, 11) is 0. The average Bonchev–Trinajstić information content (AvgIpc) is 2.86. The number of rotatable bonds is 29. The lowest BCUT2D eigenvalue weighted by Gasteiger charge is -2.17. The van der Waals surface area contributed by atoms with Gasteiger partial charge in [0.2, 0.25) is 0 Å². The van der Waals surface area contributed by atoms with E-state index in [1.807, 2.05) is 0 Å². The van der Waals surface area contributed by atoms with E-state index in [0.717, 1.165) is 6.42 Å². The highest BCUT2D eigenvalue weighted by atomic mass is 16.5. The van der Waals surface area contributed by atoms with Crippen LogP contribution in [-0.2, 0) is 9.53 Å². The topological polar surface area (TPSA) is 26.3 Å². The number of esters is 1. The van der Waals surface area contributed by atoms with Crippen LogP contribution in [0.4, 0.5) is 0 Å². The molecule has 0 saturated heterocycles. The van der Waals surface area contributed by atoms with E-state index < -0.39 is 0 Å². The maximum atomic E-state index is 12.3. The Morgan fingerprint density at radius 3 is 1.14 bits per heavy atom. The van der Waals surface area contributed by atoms with Crippen molar-refractivity contribution in [3.63, 3.8) is 0 Å². The Kier molecular flexibility index (Phi) is 29.2. The Bertz CT molecular complexity index is 406. The fourth-order valence-corrected chi connectivity index (χ4v) is 5.13. The molecule has 0 aliphatic rings. The van der Waals surface area contributed by atoms with E-state index in [-0.39, 0.29) is 5.97 Å². The zero-order valence-electron chi connectivity index (χ0n) is 24.7. The van der Waals surface area contributed by atoms with Gasteiger partial charge in [0.1, 0.15) is 0 Å². The molecule has 0 aromatic rings. The van der Waals surface area contributed by atoms with E-state index >= 15 is 0 Å². The van der Waals surface area contributed by atoms with Crippen LogP contribution in [0.25, 0.3) is 0 Å². The molecule has 0 radical (unpaired) electrons. The third-order valence-corrected chi connectivity index (χ3v) is 7.65. The Morgan fingerprint density at radius 1 is 0.457 bits per heavy atom. The average molecular weight is 495 g/mol. The van der Waals surface area contributed by atoms with Gasteiger partial charge >= 0.3 is 5.97 Å². The quantitative estimate of drug-likeness (QED) is 0.0763. The van der Waals surface area contributed by atoms with Gasteiger partial charge in [0.15, 0.2) is 0 Å². The monoisotopic (exact) mass is 495 g/mol. The van der Waals surface area contributed by atoms with Crippen molar-refractivity contribution in [2.45, 2.75) is 194 Å². The van der Waals surface area contributed by atoms with E-state index in [1.54, 1.807) is 0 Å². The summed E-state index contributed by atoms with van der Waals surface area (Å²) in [4.78, 5) is 12.3. The standard InChI is InChI=1S/C33H66O2/c1-4-7-10-13-16-18-19-21-23-26-29-32(28-25-22-20-17-14-11-8-5-2)31-35-33(34)30-27-24-15-12-9-6-3/h32H,4-31H2,1-3H3. The summed E-state index contributed by atoms with van der Waals surface area (Å²) >= 11 is 0. The third kappa shape index (κ3) is 27.9. The molecular weight excluding hydrogens is 428 g/mol. The Hall–Kier alpha value is -0.530. The van der Waals surface area contributed by atoms with Crippen molar-refractivity contribution in [2.24, 2.45) is 5.92 Å². The Morgan fingerprint density at radius 2 is 0.771 bits per heavy atom. The minimum atomic E-state index is 0.0458. The van der Waals surface area contributed by atoms with Crippen LogP contribution in [0, 0.1) is 5.92 Å². The van der Waals surface area contributed by atoms with Crippen LogP contribution < -0.4 is 0 Å². The van der Waals surface area contributed by atoms with Crippen LogP contribution in [0.5, 0.6) is 0 Å². The van der Waals surface area contributed by atoms with Crippen LogP contribution in [0.3, 0.4) is 0 Å². The van der Waals surface area contributed by atoms with E-state index in [1.165, 1.54) is 161 Å². The molecule has 1 unspecified atom stereocenters. The minimum absolute atomic E-state index is 0.0458. The SMILES string of the molecule is CCCCCCCCCCCCC(CCCCCCCCCC)COC(=O)CCCCCCCC. The van der Waals surface area contributed by atoms with Crippen LogP contribution in [0.15, 0.2) is 0 Å². The molecule has 0 aromatic carbocycles. The number of hydrogen-bond donors (Lipinski definition) is 0. The van der Waals surface area contributed by atoms with Crippen molar-refractivity contribution in [1.82, 2.24) is 0 Å². The van der Waals surface area contributed by atoms with Crippen molar-refractivity contribution in [3.8, 4) is 0 Å². The van der Waals surface area contributed by atoms with Gasteiger partial charge in [-0.2, -0.15) is 0 Å². The fraction of sp³-hybridized carbons (Fsp3) is 0.970. The molecule has 0 amide bonds. The molecule has 0 fully saturated rings. The third-order valence-electron chi connectivity index (χ3n) is 7.65. The molecule has 35 heavy (non-hydrogen) atoms. The second-order valence-electron chi connectivity index (χ2n) is 11.3. The number of unbranched alkanes of at least 4 members (excludes halogenated alkanes) is 21. The van der Waals surface area contributed by atoms with Crippen molar-refractivity contribution in [3.05, 3.63) is 0 Å². The van der Waals surface area contributed by atoms with Gasteiger partial charge in [-0.3, -0.25) is 4.79 Å². The summed E-state index contributed by atoms with van der Waals surface area (Å²) in [5, 5.41) is 0. The van der Waals surface area contributed by atoms with Crippen molar-refractivity contribution >= 4 is 5.97 Å².